The minimum Gasteiger partial charge on any atom is -0.457 e. The first-order valence-electron chi connectivity index (χ1n) is 14.3. The predicted octanol–water partition coefficient (Wildman–Crippen LogP) is 1.99. The second-order valence-corrected chi connectivity index (χ2v) is 11.5. The number of ether oxygens (including phenoxy) is 2. The number of carbonyl (C=O) groups is 3. The summed E-state index contributed by atoms with van der Waals surface area (Å²) in [4.78, 5) is 55.3. The summed E-state index contributed by atoms with van der Waals surface area (Å²) in [5.74, 6) is -2.89. The number of nitrogens with zero attached hydrogens (tertiary/aromatic N) is 2. The Bertz CT molecular complexity index is 1800. The number of amides is 1. The fourth-order valence-electron chi connectivity index (χ4n) is 6.97. The Kier molecular flexibility index (Phi) is 6.89. The normalized spacial score (nSPS) is 21.4. The number of cyclic esters (lactones) is 1. The van der Waals surface area contributed by atoms with Gasteiger partial charge < -0.3 is 29.6 Å². The Balaban J connectivity index is 1.60. The number of aromatic nitrogens is 2. The SMILES string of the molecule is CC[C@@]1(OC(C)=O)C(=O)OCc2c1cc1n(c2=O)Cc2c-1nc1cc(F)c(C)c3c1c2[C@@H]([C@H](O)[C@@H](O)CNC(C)=O)CC3. The Hall–Kier alpha value is -4.16. The van der Waals surface area contributed by atoms with Gasteiger partial charge in [-0.2, -0.15) is 0 Å². The fraction of sp³-hybridized carbons (Fsp3) is 0.452. The maximum Gasteiger partial charge on any atom is 0.355 e. The largest absolute Gasteiger partial charge is 0.457 e. The minimum atomic E-state index is -1.81. The van der Waals surface area contributed by atoms with E-state index in [9.17, 15) is 29.4 Å². The van der Waals surface area contributed by atoms with E-state index in [4.69, 9.17) is 14.5 Å². The molecule has 0 bridgehead atoms. The zero-order chi connectivity index (χ0) is 31.0. The van der Waals surface area contributed by atoms with Crippen molar-refractivity contribution >= 4 is 28.7 Å². The highest BCUT2D eigenvalue weighted by atomic mass is 19.1. The minimum absolute atomic E-state index is 0.0267. The van der Waals surface area contributed by atoms with Crippen molar-refractivity contribution in [1.29, 1.82) is 0 Å². The number of fused-ring (bicyclic) bond motifs is 5. The van der Waals surface area contributed by atoms with E-state index in [-0.39, 0.29) is 43.2 Å². The molecule has 0 radical (unpaired) electrons. The highest BCUT2D eigenvalue weighted by Gasteiger charge is 2.50. The van der Waals surface area contributed by atoms with Crippen molar-refractivity contribution in [3.63, 3.8) is 0 Å². The van der Waals surface area contributed by atoms with Crippen LogP contribution in [0.25, 0.3) is 22.3 Å². The summed E-state index contributed by atoms with van der Waals surface area (Å²) in [6, 6.07) is 2.94. The van der Waals surface area contributed by atoms with Gasteiger partial charge in [-0.05, 0) is 48.9 Å². The van der Waals surface area contributed by atoms with Crippen molar-refractivity contribution in [2.24, 2.45) is 0 Å². The summed E-state index contributed by atoms with van der Waals surface area (Å²) >= 11 is 0. The highest BCUT2D eigenvalue weighted by molar-refractivity contribution is 5.93. The van der Waals surface area contributed by atoms with Crippen LogP contribution in [0.5, 0.6) is 0 Å². The van der Waals surface area contributed by atoms with Gasteiger partial charge in [0.05, 0.1) is 41.2 Å². The summed E-state index contributed by atoms with van der Waals surface area (Å²) in [6.45, 7) is 5.46. The molecule has 0 unspecified atom stereocenters. The number of aliphatic hydroxyl groups is 2. The number of nitrogens with one attached hydrogen (secondary N) is 1. The second kappa shape index (κ2) is 10.2. The van der Waals surface area contributed by atoms with Gasteiger partial charge in [0.2, 0.25) is 11.5 Å². The molecular formula is C31H32FN3O8. The molecule has 3 N–H and O–H groups in total. The van der Waals surface area contributed by atoms with Gasteiger partial charge in [0, 0.05) is 48.9 Å². The fourth-order valence-corrected chi connectivity index (χ4v) is 6.97. The maximum absolute atomic E-state index is 15.1. The average molecular weight is 594 g/mol. The Morgan fingerprint density at radius 3 is 2.65 bits per heavy atom. The van der Waals surface area contributed by atoms with E-state index in [2.05, 4.69) is 5.32 Å². The molecule has 0 spiro atoms. The summed E-state index contributed by atoms with van der Waals surface area (Å²) < 4.78 is 27.5. The molecule has 43 heavy (non-hydrogen) atoms. The lowest BCUT2D eigenvalue weighted by molar-refractivity contribution is -0.188. The zero-order valence-corrected chi connectivity index (χ0v) is 24.2. The second-order valence-electron chi connectivity index (χ2n) is 11.5. The van der Waals surface area contributed by atoms with Crippen molar-refractivity contribution in [3.8, 4) is 11.4 Å². The van der Waals surface area contributed by atoms with Crippen LogP contribution >= 0.6 is 0 Å². The number of aliphatic hydroxyl groups excluding tert-OH is 2. The third-order valence-corrected chi connectivity index (χ3v) is 9.07. The topological polar surface area (TPSA) is 157 Å². The molecular weight excluding hydrogens is 561 g/mol. The van der Waals surface area contributed by atoms with Crippen LogP contribution in [-0.2, 0) is 49.0 Å². The van der Waals surface area contributed by atoms with E-state index in [1.807, 2.05) is 0 Å². The zero-order valence-electron chi connectivity index (χ0n) is 24.2. The van der Waals surface area contributed by atoms with Crippen LogP contribution in [0, 0.1) is 12.7 Å². The molecule has 2 aliphatic heterocycles. The number of pyridine rings is 2. The predicted molar refractivity (Wildman–Crippen MR) is 151 cm³/mol. The summed E-state index contributed by atoms with van der Waals surface area (Å²) in [5.41, 5.74) is 1.73. The number of benzene rings is 1. The van der Waals surface area contributed by atoms with Crippen molar-refractivity contribution < 1.29 is 38.5 Å². The first kappa shape index (κ1) is 28.9. The Morgan fingerprint density at radius 2 is 1.98 bits per heavy atom. The van der Waals surface area contributed by atoms with Crippen LogP contribution in [0.2, 0.25) is 0 Å². The smallest absolute Gasteiger partial charge is 0.355 e. The third-order valence-electron chi connectivity index (χ3n) is 9.07. The van der Waals surface area contributed by atoms with Gasteiger partial charge in [0.25, 0.3) is 5.56 Å². The van der Waals surface area contributed by atoms with Gasteiger partial charge in [0.1, 0.15) is 12.4 Å². The number of carbonyl (C=O) groups excluding carboxylic acids is 3. The van der Waals surface area contributed by atoms with E-state index in [1.165, 1.54) is 24.5 Å². The maximum atomic E-state index is 15.1. The molecule has 1 aromatic carbocycles. The Labute approximate surface area is 245 Å². The molecule has 0 saturated carbocycles. The van der Waals surface area contributed by atoms with Gasteiger partial charge in [-0.15, -0.1) is 0 Å². The highest BCUT2D eigenvalue weighted by Crippen LogP contribution is 2.48. The summed E-state index contributed by atoms with van der Waals surface area (Å²) in [6.07, 6.45) is -1.72. The van der Waals surface area contributed by atoms with Gasteiger partial charge in [-0.1, -0.05) is 6.92 Å². The molecule has 1 amide bonds. The molecule has 6 rings (SSSR count). The third kappa shape index (κ3) is 4.26. The number of hydrogen-bond donors (Lipinski definition) is 3. The lowest BCUT2D eigenvalue weighted by Gasteiger charge is -2.35. The number of esters is 2. The molecule has 3 aromatic rings. The Morgan fingerprint density at radius 1 is 1.23 bits per heavy atom. The molecule has 11 nitrogen and oxygen atoms in total. The molecule has 4 heterocycles. The molecule has 2 aromatic heterocycles. The number of rotatable bonds is 6. The van der Waals surface area contributed by atoms with Crippen molar-refractivity contribution in [3.05, 3.63) is 61.7 Å². The van der Waals surface area contributed by atoms with Crippen LogP contribution in [-0.4, -0.2) is 56.4 Å². The molecule has 1 aliphatic carbocycles. The van der Waals surface area contributed by atoms with E-state index in [1.54, 1.807) is 19.9 Å². The van der Waals surface area contributed by atoms with Crippen molar-refractivity contribution in [1.82, 2.24) is 14.9 Å². The summed E-state index contributed by atoms with van der Waals surface area (Å²) in [5, 5.41) is 25.4. The van der Waals surface area contributed by atoms with Crippen LogP contribution in [0.4, 0.5) is 4.39 Å². The number of hydrogen-bond acceptors (Lipinski definition) is 9. The molecule has 4 atom stereocenters. The average Bonchev–Trinajstić information content (AvgIpc) is 3.34. The standard InChI is InChI=1S/C31H32FN3O8/c1-5-31(43-15(4)37)20-8-23-27-18(11-35(23)29(40)19(20)12-42-30(31)41)25-17(28(39)24(38)10-33-14(3)36)7-6-16-13(2)21(32)9-22(34-27)26(16)25/h8-9,17,24,28,38-39H,5-7,10-12H2,1-4H3,(H,33,36)/t17-,24-,28-,31-/m0/s1. The van der Waals surface area contributed by atoms with Crippen LogP contribution < -0.4 is 10.9 Å². The van der Waals surface area contributed by atoms with Gasteiger partial charge in [-0.3, -0.25) is 14.4 Å². The number of aryl methyl sites for hydroxylation is 1. The number of halogens is 1. The first-order chi connectivity index (χ1) is 20.4. The molecule has 226 valence electrons. The molecule has 0 fully saturated rings. The van der Waals surface area contributed by atoms with Crippen LogP contribution in [0.1, 0.15) is 72.9 Å². The van der Waals surface area contributed by atoms with E-state index in [0.29, 0.717) is 51.8 Å². The molecule has 3 aliphatic rings. The lowest BCUT2D eigenvalue weighted by atomic mass is 9.75. The van der Waals surface area contributed by atoms with E-state index in [0.717, 1.165) is 5.56 Å². The monoisotopic (exact) mass is 593 g/mol. The van der Waals surface area contributed by atoms with Gasteiger partial charge in [0.15, 0.2) is 0 Å². The van der Waals surface area contributed by atoms with Crippen molar-refractivity contribution in [2.75, 3.05) is 6.54 Å². The van der Waals surface area contributed by atoms with E-state index < -0.39 is 47.0 Å². The van der Waals surface area contributed by atoms with E-state index >= 15 is 4.39 Å². The van der Waals surface area contributed by atoms with Gasteiger partial charge >= 0.3 is 11.9 Å². The van der Waals surface area contributed by atoms with Crippen LogP contribution in [0.15, 0.2) is 16.9 Å². The molecule has 0 saturated heterocycles. The van der Waals surface area contributed by atoms with Gasteiger partial charge in [-0.25, -0.2) is 14.2 Å². The quantitative estimate of drug-likeness (QED) is 0.285. The summed E-state index contributed by atoms with van der Waals surface area (Å²) in [7, 11) is 0. The van der Waals surface area contributed by atoms with Crippen LogP contribution in [0.3, 0.4) is 0 Å². The first-order valence-corrected chi connectivity index (χ1v) is 14.3. The van der Waals surface area contributed by atoms with Crippen molar-refractivity contribution in [2.45, 2.75) is 83.8 Å². The lowest BCUT2D eigenvalue weighted by Crippen LogP contribution is -2.47. The molecule has 12 heteroatoms.